The van der Waals surface area contributed by atoms with Crippen molar-refractivity contribution in [2.75, 3.05) is 50.1 Å². The summed E-state index contributed by atoms with van der Waals surface area (Å²) in [6, 6.07) is 9.59. The topological polar surface area (TPSA) is 75.5 Å². The number of hydrogen-bond acceptors (Lipinski definition) is 6. The lowest BCUT2D eigenvalue weighted by Gasteiger charge is -2.28. The van der Waals surface area contributed by atoms with Crippen LogP contribution in [0.5, 0.6) is 0 Å². The first-order chi connectivity index (χ1) is 17.3. The van der Waals surface area contributed by atoms with Crippen molar-refractivity contribution in [1.29, 1.82) is 0 Å². The van der Waals surface area contributed by atoms with E-state index < -0.39 is 11.7 Å². The highest BCUT2D eigenvalue weighted by atomic mass is 19.4. The van der Waals surface area contributed by atoms with Crippen LogP contribution in [-0.4, -0.2) is 65.5 Å². The molecule has 0 spiro atoms. The Bertz CT molecular complexity index is 1220. The third kappa shape index (κ3) is 5.21. The first-order valence-electron chi connectivity index (χ1n) is 11.8. The van der Waals surface area contributed by atoms with E-state index in [9.17, 15) is 18.0 Å². The number of nitrogens with zero attached hydrogens (tertiary/aromatic N) is 5. The van der Waals surface area contributed by atoms with Gasteiger partial charge in [0.1, 0.15) is 12.4 Å². The van der Waals surface area contributed by atoms with Crippen LogP contribution in [0.4, 0.5) is 30.4 Å². The molecule has 8 nitrogen and oxygen atoms in total. The number of ether oxygens (including phenoxy) is 1. The van der Waals surface area contributed by atoms with Crippen LogP contribution in [0, 0.1) is 0 Å². The van der Waals surface area contributed by atoms with Crippen LogP contribution in [0.1, 0.15) is 24.4 Å². The molecule has 0 bridgehead atoms. The van der Waals surface area contributed by atoms with Crippen LogP contribution >= 0.6 is 0 Å². The fourth-order valence-corrected chi connectivity index (χ4v) is 4.56. The number of nitrogens with one attached hydrogen (secondary N) is 1. The summed E-state index contributed by atoms with van der Waals surface area (Å²) in [4.78, 5) is 20.2. The molecule has 2 aliphatic rings. The third-order valence-corrected chi connectivity index (χ3v) is 6.58. The molecule has 1 N–H and O–H groups in total. The lowest BCUT2D eigenvalue weighted by Crippen LogP contribution is -2.41. The summed E-state index contributed by atoms with van der Waals surface area (Å²) in [6.07, 6.45) is 0.345. The average Bonchev–Trinajstić information content (AvgIpc) is 3.35. The van der Waals surface area contributed by atoms with Crippen molar-refractivity contribution in [3.63, 3.8) is 0 Å². The lowest BCUT2D eigenvalue weighted by atomic mass is 10.1. The fraction of sp³-hybridized carbons (Fsp3) is 0.400. The maximum absolute atomic E-state index is 13.8. The molecule has 2 aromatic heterocycles. The van der Waals surface area contributed by atoms with Crippen LogP contribution in [0.25, 0.3) is 11.3 Å². The molecular formula is C25H27F3N6O2. The van der Waals surface area contributed by atoms with Gasteiger partial charge in [-0.1, -0.05) is 0 Å². The Labute approximate surface area is 206 Å². The smallest absolute Gasteiger partial charge is 0.370 e. The van der Waals surface area contributed by atoms with Crippen molar-refractivity contribution >= 4 is 23.1 Å². The SMILES string of the molecule is CN1CCC(n2cc(-c3nc(Nc4ccc(N5CCOCC5=O)cc4)ccc3C(F)(F)F)cn2)CC1. The molecule has 11 heteroatoms. The number of hydrogen-bond donors (Lipinski definition) is 1. The molecule has 2 fully saturated rings. The third-order valence-electron chi connectivity index (χ3n) is 6.58. The van der Waals surface area contributed by atoms with Gasteiger partial charge < -0.3 is 19.9 Å². The number of carbonyl (C=O) groups is 1. The van der Waals surface area contributed by atoms with Crippen molar-refractivity contribution in [3.05, 3.63) is 54.4 Å². The fourth-order valence-electron chi connectivity index (χ4n) is 4.56. The predicted octanol–water partition coefficient (Wildman–Crippen LogP) is 4.34. The van der Waals surface area contributed by atoms with Gasteiger partial charge in [0.15, 0.2) is 0 Å². The summed E-state index contributed by atoms with van der Waals surface area (Å²) in [5.74, 6) is 0.164. The second kappa shape index (κ2) is 9.90. The van der Waals surface area contributed by atoms with Crippen LogP contribution in [0.3, 0.4) is 0 Å². The van der Waals surface area contributed by atoms with Crippen molar-refractivity contribution in [2.24, 2.45) is 0 Å². The number of rotatable bonds is 5. The van der Waals surface area contributed by atoms with E-state index in [1.54, 1.807) is 40.0 Å². The highest BCUT2D eigenvalue weighted by molar-refractivity contribution is 5.95. The van der Waals surface area contributed by atoms with Gasteiger partial charge in [0.2, 0.25) is 0 Å². The number of pyridine rings is 1. The molecule has 1 aromatic carbocycles. The molecule has 0 saturated carbocycles. The van der Waals surface area contributed by atoms with Gasteiger partial charge in [0.05, 0.1) is 30.1 Å². The van der Waals surface area contributed by atoms with Gasteiger partial charge in [-0.25, -0.2) is 4.98 Å². The molecule has 2 aliphatic heterocycles. The number of likely N-dealkylation sites (tertiary alicyclic amines) is 1. The van der Waals surface area contributed by atoms with Crippen LogP contribution in [0.15, 0.2) is 48.8 Å². The molecule has 0 unspecified atom stereocenters. The second-order valence-corrected chi connectivity index (χ2v) is 9.10. The minimum atomic E-state index is -4.55. The summed E-state index contributed by atoms with van der Waals surface area (Å²) < 4.78 is 48.4. The number of halogens is 3. The van der Waals surface area contributed by atoms with E-state index >= 15 is 0 Å². The number of alkyl halides is 3. The minimum absolute atomic E-state index is 0.0482. The van der Waals surface area contributed by atoms with E-state index in [1.807, 2.05) is 0 Å². The Balaban J connectivity index is 1.38. The van der Waals surface area contributed by atoms with Gasteiger partial charge in [-0.05, 0) is 69.4 Å². The minimum Gasteiger partial charge on any atom is -0.370 e. The highest BCUT2D eigenvalue weighted by Crippen LogP contribution is 2.37. The van der Waals surface area contributed by atoms with Crippen LogP contribution in [0.2, 0.25) is 0 Å². The van der Waals surface area contributed by atoms with Gasteiger partial charge in [0.25, 0.3) is 5.91 Å². The maximum Gasteiger partial charge on any atom is 0.418 e. The Hall–Kier alpha value is -3.44. The number of aromatic nitrogens is 3. The second-order valence-electron chi connectivity index (χ2n) is 9.10. The zero-order valence-electron chi connectivity index (χ0n) is 19.8. The summed E-state index contributed by atoms with van der Waals surface area (Å²) in [6.45, 7) is 2.83. The Morgan fingerprint density at radius 1 is 1.06 bits per heavy atom. The van der Waals surface area contributed by atoms with E-state index in [4.69, 9.17) is 4.74 Å². The zero-order chi connectivity index (χ0) is 25.3. The molecule has 5 rings (SSSR count). The predicted molar refractivity (Wildman–Crippen MR) is 129 cm³/mol. The summed E-state index contributed by atoms with van der Waals surface area (Å²) in [5, 5.41) is 7.44. The van der Waals surface area contributed by atoms with Crippen molar-refractivity contribution in [3.8, 4) is 11.3 Å². The van der Waals surface area contributed by atoms with E-state index in [0.29, 0.717) is 24.4 Å². The van der Waals surface area contributed by atoms with Gasteiger partial charge in [-0.3, -0.25) is 9.48 Å². The zero-order valence-corrected chi connectivity index (χ0v) is 19.8. The van der Waals surface area contributed by atoms with Gasteiger partial charge in [0, 0.05) is 29.7 Å². The first kappa shape index (κ1) is 24.3. The summed E-state index contributed by atoms with van der Waals surface area (Å²) >= 11 is 0. The molecule has 3 aromatic rings. The monoisotopic (exact) mass is 500 g/mol. The van der Waals surface area contributed by atoms with E-state index in [-0.39, 0.29) is 30.1 Å². The number of carbonyl (C=O) groups excluding carboxylic acids is 1. The Morgan fingerprint density at radius 3 is 2.50 bits per heavy atom. The van der Waals surface area contributed by atoms with Gasteiger partial charge in [-0.15, -0.1) is 0 Å². The Kier molecular flexibility index (Phi) is 6.67. The molecule has 2 saturated heterocycles. The molecule has 0 atom stereocenters. The average molecular weight is 501 g/mol. The molecular weight excluding hydrogens is 473 g/mol. The van der Waals surface area contributed by atoms with Gasteiger partial charge >= 0.3 is 6.18 Å². The number of piperidine rings is 1. The van der Waals surface area contributed by atoms with Crippen molar-refractivity contribution in [2.45, 2.75) is 25.1 Å². The highest BCUT2D eigenvalue weighted by Gasteiger charge is 2.35. The number of amides is 1. The molecule has 4 heterocycles. The maximum atomic E-state index is 13.8. The summed E-state index contributed by atoms with van der Waals surface area (Å²) in [7, 11) is 2.05. The van der Waals surface area contributed by atoms with Crippen molar-refractivity contribution in [1.82, 2.24) is 19.7 Å². The molecule has 1 amide bonds. The quantitative estimate of drug-likeness (QED) is 0.562. The van der Waals surface area contributed by atoms with E-state index in [1.165, 1.54) is 12.3 Å². The number of benzene rings is 1. The molecule has 0 aliphatic carbocycles. The molecule has 0 radical (unpaired) electrons. The molecule has 190 valence electrons. The van der Waals surface area contributed by atoms with Crippen LogP contribution < -0.4 is 10.2 Å². The number of anilines is 3. The largest absolute Gasteiger partial charge is 0.418 e. The summed E-state index contributed by atoms with van der Waals surface area (Å²) in [5.41, 5.74) is 0.723. The van der Waals surface area contributed by atoms with Crippen LogP contribution in [-0.2, 0) is 15.7 Å². The molecule has 36 heavy (non-hydrogen) atoms. The van der Waals surface area contributed by atoms with E-state index in [2.05, 4.69) is 27.3 Å². The standard InChI is InChI=1S/C25H27F3N6O2/c1-32-10-8-20(9-11-32)34-15-17(14-29-34)24-21(25(26,27)28)6-7-22(31-24)30-18-2-4-19(5-3-18)33-12-13-36-16-23(33)35/h2-7,14-15,20H,8-13,16H2,1H3,(H,30,31). The first-order valence-corrected chi connectivity index (χ1v) is 11.8. The van der Waals surface area contributed by atoms with E-state index in [0.717, 1.165) is 37.7 Å². The van der Waals surface area contributed by atoms with Gasteiger partial charge in [-0.2, -0.15) is 18.3 Å². The normalized spacial score (nSPS) is 18.0. The van der Waals surface area contributed by atoms with Crippen molar-refractivity contribution < 1.29 is 22.7 Å². The Morgan fingerprint density at radius 2 is 1.81 bits per heavy atom. The lowest BCUT2D eigenvalue weighted by molar-refractivity contribution is -0.137. The number of morpholine rings is 1.